The highest BCUT2D eigenvalue weighted by molar-refractivity contribution is 5.80. The molecule has 1 aromatic carbocycles. The summed E-state index contributed by atoms with van der Waals surface area (Å²) >= 11 is 0. The summed E-state index contributed by atoms with van der Waals surface area (Å²) in [6.07, 6.45) is 1.16. The van der Waals surface area contributed by atoms with Crippen molar-refractivity contribution in [2.75, 3.05) is 6.54 Å². The van der Waals surface area contributed by atoms with Gasteiger partial charge in [-0.25, -0.2) is 0 Å². The molecule has 0 aliphatic carbocycles. The van der Waals surface area contributed by atoms with Crippen LogP contribution in [-0.2, 0) is 16.0 Å². The second-order valence-corrected chi connectivity index (χ2v) is 4.58. The maximum atomic E-state index is 11.8. The lowest BCUT2D eigenvalue weighted by atomic mass is 10.1. The number of aliphatic carboxylic acids is 1. The van der Waals surface area contributed by atoms with Crippen LogP contribution in [0.1, 0.15) is 32.3 Å². The molecule has 1 amide bonds. The molecule has 0 fully saturated rings. The van der Waals surface area contributed by atoms with Crippen molar-refractivity contribution >= 4 is 11.9 Å². The van der Waals surface area contributed by atoms with Gasteiger partial charge < -0.3 is 15.2 Å². The molecule has 5 nitrogen and oxygen atoms in total. The number of amides is 1. The Labute approximate surface area is 118 Å². The van der Waals surface area contributed by atoms with Gasteiger partial charge in [0.05, 0.1) is 6.42 Å². The van der Waals surface area contributed by atoms with Crippen molar-refractivity contribution in [2.45, 2.75) is 39.2 Å². The van der Waals surface area contributed by atoms with Gasteiger partial charge in [0.2, 0.25) is 0 Å². The summed E-state index contributed by atoms with van der Waals surface area (Å²) in [5.41, 5.74) is 0.563. The highest BCUT2D eigenvalue weighted by Gasteiger charge is 2.16. The van der Waals surface area contributed by atoms with Crippen molar-refractivity contribution in [3.63, 3.8) is 0 Å². The molecule has 1 aromatic rings. The van der Waals surface area contributed by atoms with Crippen LogP contribution < -0.4 is 10.1 Å². The van der Waals surface area contributed by atoms with E-state index in [0.717, 1.165) is 12.8 Å². The minimum Gasteiger partial charge on any atom is -0.481 e. The normalized spacial score (nSPS) is 11.7. The first kappa shape index (κ1) is 16.0. The van der Waals surface area contributed by atoms with Gasteiger partial charge in [0.15, 0.2) is 6.10 Å². The third kappa shape index (κ3) is 5.30. The maximum Gasteiger partial charge on any atom is 0.307 e. The topological polar surface area (TPSA) is 75.6 Å². The summed E-state index contributed by atoms with van der Waals surface area (Å²) in [6.45, 7) is 4.33. The van der Waals surface area contributed by atoms with Crippen molar-refractivity contribution < 1.29 is 19.4 Å². The molecule has 0 spiro atoms. The zero-order chi connectivity index (χ0) is 15.0. The predicted octanol–water partition coefficient (Wildman–Crippen LogP) is 2.00. The van der Waals surface area contributed by atoms with E-state index in [-0.39, 0.29) is 12.3 Å². The third-order valence-electron chi connectivity index (χ3n) is 2.82. The van der Waals surface area contributed by atoms with Gasteiger partial charge in [0, 0.05) is 12.1 Å². The summed E-state index contributed by atoms with van der Waals surface area (Å²) in [5, 5.41) is 11.6. The molecule has 0 saturated carbocycles. The van der Waals surface area contributed by atoms with E-state index >= 15 is 0 Å². The largest absolute Gasteiger partial charge is 0.481 e. The van der Waals surface area contributed by atoms with Crippen LogP contribution in [0.3, 0.4) is 0 Å². The van der Waals surface area contributed by atoms with E-state index in [9.17, 15) is 9.59 Å². The number of unbranched alkanes of at least 4 members (excludes halogenated alkanes) is 1. The molecule has 0 heterocycles. The van der Waals surface area contributed by atoms with Gasteiger partial charge in [-0.1, -0.05) is 31.5 Å². The van der Waals surface area contributed by atoms with E-state index in [1.54, 1.807) is 31.2 Å². The van der Waals surface area contributed by atoms with E-state index in [1.807, 2.05) is 6.92 Å². The van der Waals surface area contributed by atoms with Gasteiger partial charge in [-0.15, -0.1) is 0 Å². The number of carbonyl (C=O) groups excluding carboxylic acids is 1. The first-order valence-electron chi connectivity index (χ1n) is 6.78. The van der Waals surface area contributed by atoms with Crippen LogP contribution in [0, 0.1) is 0 Å². The molecule has 0 aliphatic rings. The number of carbonyl (C=O) groups is 2. The van der Waals surface area contributed by atoms with Gasteiger partial charge in [-0.2, -0.15) is 0 Å². The van der Waals surface area contributed by atoms with Crippen molar-refractivity contribution in [2.24, 2.45) is 0 Å². The van der Waals surface area contributed by atoms with Crippen molar-refractivity contribution in [3.05, 3.63) is 29.8 Å². The number of ether oxygens (including phenoxy) is 1. The maximum absolute atomic E-state index is 11.8. The van der Waals surface area contributed by atoms with Crippen LogP contribution in [-0.4, -0.2) is 29.6 Å². The Morgan fingerprint density at radius 1 is 1.35 bits per heavy atom. The Kier molecular flexibility index (Phi) is 6.56. The lowest BCUT2D eigenvalue weighted by Crippen LogP contribution is -2.37. The first-order valence-corrected chi connectivity index (χ1v) is 6.78. The summed E-state index contributed by atoms with van der Waals surface area (Å²) in [5.74, 6) is -0.683. The quantitative estimate of drug-likeness (QED) is 0.714. The molecule has 5 heteroatoms. The molecule has 0 aromatic heterocycles. The Morgan fingerprint density at radius 2 is 2.05 bits per heavy atom. The lowest BCUT2D eigenvalue weighted by molar-refractivity contribution is -0.136. The van der Waals surface area contributed by atoms with Gasteiger partial charge in [-0.3, -0.25) is 9.59 Å². The Hall–Kier alpha value is -2.04. The number of para-hydroxylation sites is 1. The van der Waals surface area contributed by atoms with E-state index in [1.165, 1.54) is 0 Å². The average molecular weight is 279 g/mol. The number of carboxylic acid groups (broad SMARTS) is 1. The third-order valence-corrected chi connectivity index (χ3v) is 2.82. The predicted molar refractivity (Wildman–Crippen MR) is 75.8 cm³/mol. The molecule has 1 atom stereocenters. The standard InChI is InChI=1S/C15H21NO4/c1-3-4-9-16-15(19)11(2)20-13-8-6-5-7-12(13)10-14(17)18/h5-8,11H,3-4,9-10H2,1-2H3,(H,16,19)(H,17,18). The Balaban J connectivity index is 2.63. The number of benzene rings is 1. The van der Waals surface area contributed by atoms with E-state index in [4.69, 9.17) is 9.84 Å². The number of hydrogen-bond acceptors (Lipinski definition) is 3. The number of nitrogens with one attached hydrogen (secondary N) is 1. The Morgan fingerprint density at radius 3 is 2.70 bits per heavy atom. The fraction of sp³-hybridized carbons (Fsp3) is 0.467. The van der Waals surface area contributed by atoms with Gasteiger partial charge in [0.25, 0.3) is 5.91 Å². The fourth-order valence-corrected chi connectivity index (χ4v) is 1.70. The molecular weight excluding hydrogens is 258 g/mol. The highest BCUT2D eigenvalue weighted by Crippen LogP contribution is 2.20. The van der Waals surface area contributed by atoms with Crippen LogP contribution in [0.15, 0.2) is 24.3 Å². The van der Waals surface area contributed by atoms with Gasteiger partial charge in [0.1, 0.15) is 5.75 Å². The summed E-state index contributed by atoms with van der Waals surface area (Å²) < 4.78 is 5.56. The molecule has 20 heavy (non-hydrogen) atoms. The summed E-state index contributed by atoms with van der Waals surface area (Å²) in [4.78, 5) is 22.6. The van der Waals surface area contributed by atoms with E-state index in [0.29, 0.717) is 17.9 Å². The minimum atomic E-state index is -0.930. The van der Waals surface area contributed by atoms with Gasteiger partial charge >= 0.3 is 5.97 Å². The van der Waals surface area contributed by atoms with Crippen LogP contribution in [0.25, 0.3) is 0 Å². The fourth-order valence-electron chi connectivity index (χ4n) is 1.70. The molecule has 1 rings (SSSR count). The second kappa shape index (κ2) is 8.19. The zero-order valence-electron chi connectivity index (χ0n) is 11.9. The smallest absolute Gasteiger partial charge is 0.307 e. The summed E-state index contributed by atoms with van der Waals surface area (Å²) in [7, 11) is 0. The van der Waals surface area contributed by atoms with Gasteiger partial charge in [-0.05, 0) is 19.4 Å². The molecule has 0 radical (unpaired) electrons. The molecular formula is C15H21NO4. The van der Waals surface area contributed by atoms with Crippen LogP contribution >= 0.6 is 0 Å². The monoisotopic (exact) mass is 279 g/mol. The zero-order valence-corrected chi connectivity index (χ0v) is 11.9. The molecule has 0 saturated heterocycles. The average Bonchev–Trinajstić information content (AvgIpc) is 2.40. The van der Waals surface area contributed by atoms with Crippen LogP contribution in [0.4, 0.5) is 0 Å². The van der Waals surface area contributed by atoms with E-state index < -0.39 is 12.1 Å². The number of hydrogen-bond donors (Lipinski definition) is 2. The number of rotatable bonds is 8. The van der Waals surface area contributed by atoms with Crippen molar-refractivity contribution in [1.82, 2.24) is 5.32 Å². The highest BCUT2D eigenvalue weighted by atomic mass is 16.5. The second-order valence-electron chi connectivity index (χ2n) is 4.58. The van der Waals surface area contributed by atoms with Crippen molar-refractivity contribution in [3.8, 4) is 5.75 Å². The lowest BCUT2D eigenvalue weighted by Gasteiger charge is -2.16. The molecule has 2 N–H and O–H groups in total. The van der Waals surface area contributed by atoms with Crippen molar-refractivity contribution in [1.29, 1.82) is 0 Å². The van der Waals surface area contributed by atoms with Crippen LogP contribution in [0.2, 0.25) is 0 Å². The molecule has 110 valence electrons. The first-order chi connectivity index (χ1) is 9.54. The van der Waals surface area contributed by atoms with E-state index in [2.05, 4.69) is 5.32 Å². The Bertz CT molecular complexity index is 459. The molecule has 0 bridgehead atoms. The SMILES string of the molecule is CCCCNC(=O)C(C)Oc1ccccc1CC(=O)O. The molecule has 0 aliphatic heterocycles. The summed E-state index contributed by atoms with van der Waals surface area (Å²) in [6, 6.07) is 6.86. The minimum absolute atomic E-state index is 0.125. The van der Waals surface area contributed by atoms with Crippen LogP contribution in [0.5, 0.6) is 5.75 Å². The molecule has 1 unspecified atom stereocenters. The number of carboxylic acids is 1.